The second-order valence-electron chi connectivity index (χ2n) is 7.89. The van der Waals surface area contributed by atoms with Gasteiger partial charge in [0.05, 0.1) is 0 Å². The summed E-state index contributed by atoms with van der Waals surface area (Å²) in [5, 5.41) is 5.47. The van der Waals surface area contributed by atoms with Gasteiger partial charge in [0.15, 0.2) is 0 Å². The number of benzene rings is 2. The lowest BCUT2D eigenvalue weighted by atomic mass is 9.79. The molecule has 136 valence electrons. The van der Waals surface area contributed by atoms with E-state index in [1.807, 2.05) is 12.2 Å². The summed E-state index contributed by atoms with van der Waals surface area (Å²) in [6.07, 6.45) is 20.3. The van der Waals surface area contributed by atoms with Crippen molar-refractivity contribution in [2.45, 2.75) is 39.5 Å². The van der Waals surface area contributed by atoms with Gasteiger partial charge in [-0.1, -0.05) is 85.4 Å². The second-order valence-corrected chi connectivity index (χ2v) is 7.89. The molecule has 0 unspecified atom stereocenters. The van der Waals surface area contributed by atoms with Crippen LogP contribution in [0.5, 0.6) is 0 Å². The minimum absolute atomic E-state index is 0.800. The predicted octanol–water partition coefficient (Wildman–Crippen LogP) is 5.98. The van der Waals surface area contributed by atoms with Crippen molar-refractivity contribution in [3.05, 3.63) is 87.9 Å². The van der Waals surface area contributed by atoms with Crippen molar-refractivity contribution in [3.8, 4) is 0 Å². The molecule has 0 amide bonds. The minimum atomic E-state index is 0.800. The zero-order valence-corrected chi connectivity index (χ0v) is 16.5. The Balaban J connectivity index is 1.85. The zero-order chi connectivity index (χ0) is 18.8. The van der Waals surface area contributed by atoms with E-state index in [-0.39, 0.29) is 0 Å². The van der Waals surface area contributed by atoms with E-state index in [1.165, 1.54) is 57.2 Å². The molecule has 0 aliphatic heterocycles. The van der Waals surface area contributed by atoms with Crippen LogP contribution < -0.4 is 10.4 Å². The Morgan fingerprint density at radius 1 is 1.07 bits per heavy atom. The third-order valence-electron chi connectivity index (χ3n) is 6.10. The summed E-state index contributed by atoms with van der Waals surface area (Å²) in [6, 6.07) is 9.19. The predicted molar refractivity (Wildman–Crippen MR) is 120 cm³/mol. The molecule has 0 nitrogen and oxygen atoms in total. The standard InChI is InChI=1S/C27H28/c1-4-5-6-8-21-12-15-24-23(18-21)13-16-26-25(24)14-11-19(2)27(26)17-20(3)22-9-7-10-22/h4-6,8,11,13-18,22H,1,7,9-10,12H2,2-3H3/b6-5-,20-17-,21-8+. The lowest BCUT2D eigenvalue weighted by Crippen LogP contribution is -2.27. The van der Waals surface area contributed by atoms with Gasteiger partial charge in [-0.2, -0.15) is 0 Å². The van der Waals surface area contributed by atoms with Crippen molar-refractivity contribution in [2.24, 2.45) is 5.92 Å². The third-order valence-corrected chi connectivity index (χ3v) is 6.10. The fourth-order valence-corrected chi connectivity index (χ4v) is 4.19. The summed E-state index contributed by atoms with van der Waals surface area (Å²) in [6.45, 7) is 8.28. The van der Waals surface area contributed by atoms with Crippen molar-refractivity contribution < 1.29 is 0 Å². The van der Waals surface area contributed by atoms with Gasteiger partial charge in [-0.3, -0.25) is 0 Å². The van der Waals surface area contributed by atoms with Gasteiger partial charge in [-0.05, 0) is 76.9 Å². The number of hydrogen-bond acceptors (Lipinski definition) is 0. The van der Waals surface area contributed by atoms with Crippen LogP contribution in [0.4, 0.5) is 0 Å². The van der Waals surface area contributed by atoms with E-state index in [0.29, 0.717) is 0 Å². The molecule has 0 N–H and O–H groups in total. The van der Waals surface area contributed by atoms with Crippen LogP contribution in [0.15, 0.2) is 66.3 Å². The van der Waals surface area contributed by atoms with Crippen LogP contribution in [0.1, 0.15) is 43.7 Å². The van der Waals surface area contributed by atoms with Crippen LogP contribution in [0.2, 0.25) is 0 Å². The molecule has 4 rings (SSSR count). The van der Waals surface area contributed by atoms with Crippen LogP contribution in [0.25, 0.3) is 29.0 Å². The van der Waals surface area contributed by atoms with Crippen molar-refractivity contribution >= 4 is 29.0 Å². The molecule has 2 aliphatic carbocycles. The summed E-state index contributed by atoms with van der Waals surface area (Å²) < 4.78 is 0. The number of hydrogen-bond donors (Lipinski definition) is 0. The highest BCUT2D eigenvalue weighted by Gasteiger charge is 2.19. The Bertz CT molecular complexity index is 1100. The van der Waals surface area contributed by atoms with Crippen molar-refractivity contribution in [2.75, 3.05) is 0 Å². The number of aryl methyl sites for hydroxylation is 1. The van der Waals surface area contributed by atoms with Gasteiger partial charge in [-0.15, -0.1) is 0 Å². The van der Waals surface area contributed by atoms with Gasteiger partial charge in [0, 0.05) is 0 Å². The smallest absolute Gasteiger partial charge is 0.00878 e. The van der Waals surface area contributed by atoms with Gasteiger partial charge >= 0.3 is 0 Å². The third kappa shape index (κ3) is 3.49. The average Bonchev–Trinajstić information content (AvgIpc) is 2.62. The van der Waals surface area contributed by atoms with Crippen molar-refractivity contribution in [1.82, 2.24) is 0 Å². The molecule has 0 spiro atoms. The quantitative estimate of drug-likeness (QED) is 0.593. The maximum atomic E-state index is 3.73. The summed E-state index contributed by atoms with van der Waals surface area (Å²) in [5.41, 5.74) is 5.66. The van der Waals surface area contributed by atoms with Gasteiger partial charge in [0.1, 0.15) is 0 Å². The first-order valence-corrected chi connectivity index (χ1v) is 10.1. The van der Waals surface area contributed by atoms with E-state index in [4.69, 9.17) is 0 Å². The molecule has 0 radical (unpaired) electrons. The average molecular weight is 353 g/mol. The topological polar surface area (TPSA) is 0 Å². The van der Waals surface area contributed by atoms with Gasteiger partial charge in [0.2, 0.25) is 0 Å². The first-order valence-electron chi connectivity index (χ1n) is 10.1. The second kappa shape index (κ2) is 7.56. The van der Waals surface area contributed by atoms with Crippen LogP contribution in [-0.4, -0.2) is 0 Å². The Kier molecular flexibility index (Phi) is 4.99. The molecule has 0 bridgehead atoms. The van der Waals surface area contributed by atoms with Crippen LogP contribution in [0, 0.1) is 12.8 Å². The van der Waals surface area contributed by atoms with Crippen LogP contribution in [-0.2, 0) is 0 Å². The first-order chi connectivity index (χ1) is 13.2. The molecular weight excluding hydrogens is 324 g/mol. The molecular formula is C27H28. The molecule has 27 heavy (non-hydrogen) atoms. The van der Waals surface area contributed by atoms with E-state index < -0.39 is 0 Å². The minimum Gasteiger partial charge on any atom is -0.0991 e. The normalized spacial score (nSPS) is 18.9. The summed E-state index contributed by atoms with van der Waals surface area (Å²) in [5.74, 6) is 0.800. The highest BCUT2D eigenvalue weighted by atomic mass is 14.2. The first kappa shape index (κ1) is 17.8. The molecule has 0 heteroatoms. The number of fused-ring (bicyclic) bond motifs is 3. The van der Waals surface area contributed by atoms with E-state index in [2.05, 4.69) is 75.1 Å². The Morgan fingerprint density at radius 2 is 1.89 bits per heavy atom. The van der Waals surface area contributed by atoms with Crippen LogP contribution in [0.3, 0.4) is 0 Å². The highest BCUT2D eigenvalue weighted by molar-refractivity contribution is 5.93. The maximum Gasteiger partial charge on any atom is -0.00878 e. The van der Waals surface area contributed by atoms with E-state index in [9.17, 15) is 0 Å². The molecule has 2 aliphatic rings. The fraction of sp³-hybridized carbons (Fsp3) is 0.259. The molecule has 0 saturated heterocycles. The summed E-state index contributed by atoms with van der Waals surface area (Å²) in [4.78, 5) is 0. The van der Waals surface area contributed by atoms with Gasteiger partial charge in [0.25, 0.3) is 0 Å². The maximum absolute atomic E-state index is 3.73. The van der Waals surface area contributed by atoms with E-state index in [0.717, 1.165) is 12.3 Å². The molecule has 2 aromatic carbocycles. The highest BCUT2D eigenvalue weighted by Crippen LogP contribution is 2.35. The molecule has 0 atom stereocenters. The molecule has 1 saturated carbocycles. The van der Waals surface area contributed by atoms with Gasteiger partial charge in [-0.25, -0.2) is 0 Å². The lowest BCUT2D eigenvalue weighted by molar-refractivity contribution is 0.370. The molecule has 0 aromatic heterocycles. The number of rotatable bonds is 4. The Hall–Kier alpha value is -2.60. The Morgan fingerprint density at radius 3 is 2.63 bits per heavy atom. The van der Waals surface area contributed by atoms with E-state index >= 15 is 0 Å². The number of allylic oxidation sites excluding steroid dienone is 6. The largest absolute Gasteiger partial charge is 0.0991 e. The molecule has 0 heterocycles. The van der Waals surface area contributed by atoms with Crippen LogP contribution >= 0.6 is 0 Å². The van der Waals surface area contributed by atoms with E-state index in [1.54, 1.807) is 5.57 Å². The molecule has 1 fully saturated rings. The SMILES string of the molecule is C=C/C=C\C=C1\C=c2ccc3c(/C=C(/C)C4CCC4)c(C)ccc3c2=CC1. The fourth-order valence-electron chi connectivity index (χ4n) is 4.19. The van der Waals surface area contributed by atoms with Crippen molar-refractivity contribution in [1.29, 1.82) is 0 Å². The summed E-state index contributed by atoms with van der Waals surface area (Å²) in [7, 11) is 0. The van der Waals surface area contributed by atoms with Crippen molar-refractivity contribution in [3.63, 3.8) is 0 Å². The monoisotopic (exact) mass is 352 g/mol. The lowest BCUT2D eigenvalue weighted by Gasteiger charge is -2.26. The summed E-state index contributed by atoms with van der Waals surface area (Å²) >= 11 is 0. The zero-order valence-electron chi connectivity index (χ0n) is 16.5. The van der Waals surface area contributed by atoms with Gasteiger partial charge < -0.3 is 0 Å². The molecule has 2 aromatic rings. The Labute approximate surface area is 162 Å².